The van der Waals surface area contributed by atoms with Gasteiger partial charge in [0, 0.05) is 44.2 Å². The molecule has 1 N–H and O–H groups in total. The Morgan fingerprint density at radius 1 is 0.852 bits per heavy atom. The summed E-state index contributed by atoms with van der Waals surface area (Å²) in [5.74, 6) is 0.410. The van der Waals surface area contributed by atoms with Gasteiger partial charge in [-0.3, -0.25) is 9.59 Å². The minimum atomic E-state index is 0.0552. The van der Waals surface area contributed by atoms with Crippen LogP contribution >= 0.6 is 0 Å². The number of carbonyl (C=O) groups is 2. The summed E-state index contributed by atoms with van der Waals surface area (Å²) in [6, 6.07) is 13.9. The summed E-state index contributed by atoms with van der Waals surface area (Å²) in [7, 11) is 0. The Kier molecular flexibility index (Phi) is 5.39. The zero-order valence-corrected chi connectivity index (χ0v) is 15.7. The van der Waals surface area contributed by atoms with E-state index in [0.717, 1.165) is 61.8 Å². The molecule has 0 aliphatic carbocycles. The van der Waals surface area contributed by atoms with Crippen LogP contribution in [0.4, 0.5) is 0 Å². The summed E-state index contributed by atoms with van der Waals surface area (Å²) in [4.78, 5) is 29.8. The monoisotopic (exact) mass is 365 g/mol. The molecule has 0 bridgehead atoms. The molecule has 142 valence electrons. The average Bonchev–Trinajstić information content (AvgIpc) is 3.02. The first-order valence-electron chi connectivity index (χ1n) is 10.0. The second-order valence-corrected chi connectivity index (χ2v) is 7.52. The minimum Gasteiger partial charge on any atom is -0.341 e. The van der Waals surface area contributed by atoms with Crippen molar-refractivity contribution in [3.05, 3.63) is 48.0 Å². The normalized spacial score (nSPS) is 19.1. The van der Waals surface area contributed by atoms with Gasteiger partial charge in [0.15, 0.2) is 0 Å². The van der Waals surface area contributed by atoms with Gasteiger partial charge in [-0.1, -0.05) is 36.4 Å². The van der Waals surface area contributed by atoms with Gasteiger partial charge in [0.05, 0.1) is 0 Å². The predicted molar refractivity (Wildman–Crippen MR) is 107 cm³/mol. The molecule has 4 rings (SSSR count). The summed E-state index contributed by atoms with van der Waals surface area (Å²) >= 11 is 0. The van der Waals surface area contributed by atoms with Gasteiger partial charge >= 0.3 is 0 Å². The van der Waals surface area contributed by atoms with E-state index in [1.165, 1.54) is 0 Å². The molecule has 0 unspecified atom stereocenters. The van der Waals surface area contributed by atoms with Crippen LogP contribution in [0.15, 0.2) is 42.5 Å². The number of benzene rings is 2. The summed E-state index contributed by atoms with van der Waals surface area (Å²) in [5.41, 5.74) is 0.761. The van der Waals surface area contributed by atoms with Gasteiger partial charge in [0.2, 0.25) is 5.91 Å². The minimum absolute atomic E-state index is 0.0552. The standard InChI is InChI=1S/C22H27N3O2/c26-21(24-13-4-11-23-12-16-24)18-9-14-25(15-10-18)22(27)20-8-3-6-17-5-1-2-7-19(17)20/h1-3,5-8,18,23H,4,9-16H2. The van der Waals surface area contributed by atoms with E-state index < -0.39 is 0 Å². The van der Waals surface area contributed by atoms with Gasteiger partial charge in [-0.15, -0.1) is 0 Å². The number of nitrogens with one attached hydrogen (secondary N) is 1. The van der Waals surface area contributed by atoms with Crippen LogP contribution in [-0.4, -0.2) is 60.9 Å². The van der Waals surface area contributed by atoms with E-state index in [2.05, 4.69) is 5.32 Å². The topological polar surface area (TPSA) is 52.7 Å². The maximum Gasteiger partial charge on any atom is 0.254 e. The lowest BCUT2D eigenvalue weighted by Gasteiger charge is -2.34. The number of amides is 2. The van der Waals surface area contributed by atoms with Crippen LogP contribution in [0, 0.1) is 5.92 Å². The highest BCUT2D eigenvalue weighted by Gasteiger charge is 2.31. The molecular formula is C22H27N3O2. The molecule has 0 radical (unpaired) electrons. The van der Waals surface area contributed by atoms with E-state index in [1.807, 2.05) is 52.3 Å². The van der Waals surface area contributed by atoms with Crippen molar-refractivity contribution in [2.24, 2.45) is 5.92 Å². The molecule has 2 saturated heterocycles. The van der Waals surface area contributed by atoms with E-state index in [4.69, 9.17) is 0 Å². The number of nitrogens with zero attached hydrogens (tertiary/aromatic N) is 2. The van der Waals surface area contributed by atoms with Gasteiger partial charge < -0.3 is 15.1 Å². The Labute approximate surface area is 160 Å². The summed E-state index contributed by atoms with van der Waals surface area (Å²) in [6.07, 6.45) is 2.54. The molecule has 5 nitrogen and oxygen atoms in total. The first-order valence-corrected chi connectivity index (χ1v) is 10.0. The van der Waals surface area contributed by atoms with Crippen LogP contribution in [0.5, 0.6) is 0 Å². The molecule has 2 amide bonds. The average molecular weight is 365 g/mol. The molecular weight excluding hydrogens is 338 g/mol. The first kappa shape index (κ1) is 18.0. The molecule has 0 spiro atoms. The van der Waals surface area contributed by atoms with Crippen molar-refractivity contribution in [1.29, 1.82) is 0 Å². The molecule has 2 aliphatic rings. The first-order chi connectivity index (χ1) is 13.2. The van der Waals surface area contributed by atoms with Crippen molar-refractivity contribution in [3.8, 4) is 0 Å². The lowest BCUT2D eigenvalue weighted by molar-refractivity contribution is -0.136. The van der Waals surface area contributed by atoms with E-state index in [1.54, 1.807) is 0 Å². The molecule has 2 aromatic carbocycles. The lowest BCUT2D eigenvalue weighted by atomic mass is 9.94. The van der Waals surface area contributed by atoms with E-state index in [-0.39, 0.29) is 17.7 Å². The Morgan fingerprint density at radius 3 is 2.48 bits per heavy atom. The van der Waals surface area contributed by atoms with Crippen molar-refractivity contribution < 1.29 is 9.59 Å². The Morgan fingerprint density at radius 2 is 1.63 bits per heavy atom. The van der Waals surface area contributed by atoms with Crippen LogP contribution < -0.4 is 5.32 Å². The highest BCUT2D eigenvalue weighted by atomic mass is 16.2. The third-order valence-corrected chi connectivity index (χ3v) is 5.80. The van der Waals surface area contributed by atoms with Crippen LogP contribution in [0.1, 0.15) is 29.6 Å². The summed E-state index contributed by atoms with van der Waals surface area (Å²) in [5, 5.41) is 5.43. The largest absolute Gasteiger partial charge is 0.341 e. The Balaban J connectivity index is 1.41. The van der Waals surface area contributed by atoms with Gasteiger partial charge in [-0.25, -0.2) is 0 Å². The van der Waals surface area contributed by atoms with Crippen LogP contribution in [0.25, 0.3) is 10.8 Å². The fourth-order valence-corrected chi connectivity index (χ4v) is 4.24. The molecule has 2 aliphatic heterocycles. The van der Waals surface area contributed by atoms with Crippen molar-refractivity contribution >= 4 is 22.6 Å². The molecule has 0 atom stereocenters. The highest BCUT2D eigenvalue weighted by Crippen LogP contribution is 2.24. The van der Waals surface area contributed by atoms with E-state index in [0.29, 0.717) is 13.1 Å². The van der Waals surface area contributed by atoms with Gasteiger partial charge in [0.1, 0.15) is 0 Å². The maximum absolute atomic E-state index is 13.1. The number of likely N-dealkylation sites (tertiary alicyclic amines) is 1. The smallest absolute Gasteiger partial charge is 0.254 e. The SMILES string of the molecule is O=C(c1cccc2ccccc12)N1CCC(C(=O)N2CCCNCC2)CC1. The van der Waals surface area contributed by atoms with Crippen LogP contribution in [0.2, 0.25) is 0 Å². The van der Waals surface area contributed by atoms with Crippen molar-refractivity contribution in [2.45, 2.75) is 19.3 Å². The number of hydrogen-bond acceptors (Lipinski definition) is 3. The number of carbonyl (C=O) groups excluding carboxylic acids is 2. The number of fused-ring (bicyclic) bond motifs is 1. The van der Waals surface area contributed by atoms with Crippen LogP contribution in [-0.2, 0) is 4.79 Å². The zero-order valence-electron chi connectivity index (χ0n) is 15.7. The summed E-state index contributed by atoms with van der Waals surface area (Å²) < 4.78 is 0. The second-order valence-electron chi connectivity index (χ2n) is 7.52. The predicted octanol–water partition coefficient (Wildman–Crippen LogP) is 2.51. The van der Waals surface area contributed by atoms with E-state index >= 15 is 0 Å². The van der Waals surface area contributed by atoms with Gasteiger partial charge in [-0.2, -0.15) is 0 Å². The third-order valence-electron chi connectivity index (χ3n) is 5.80. The molecule has 0 aromatic heterocycles. The second kappa shape index (κ2) is 8.09. The van der Waals surface area contributed by atoms with E-state index in [9.17, 15) is 9.59 Å². The number of piperidine rings is 1. The molecule has 2 fully saturated rings. The molecule has 2 heterocycles. The quantitative estimate of drug-likeness (QED) is 0.890. The number of hydrogen-bond donors (Lipinski definition) is 1. The van der Waals surface area contributed by atoms with Crippen molar-refractivity contribution in [2.75, 3.05) is 39.3 Å². The third kappa shape index (κ3) is 3.83. The zero-order chi connectivity index (χ0) is 18.6. The van der Waals surface area contributed by atoms with Crippen molar-refractivity contribution in [3.63, 3.8) is 0 Å². The molecule has 5 heteroatoms. The highest BCUT2D eigenvalue weighted by molar-refractivity contribution is 6.07. The fourth-order valence-electron chi connectivity index (χ4n) is 4.24. The van der Waals surface area contributed by atoms with Gasteiger partial charge in [-0.05, 0) is 42.6 Å². The molecule has 2 aromatic rings. The molecule has 27 heavy (non-hydrogen) atoms. The van der Waals surface area contributed by atoms with Crippen molar-refractivity contribution in [1.82, 2.24) is 15.1 Å². The fraction of sp³-hybridized carbons (Fsp3) is 0.455. The Hall–Kier alpha value is -2.40. The molecule has 0 saturated carbocycles. The van der Waals surface area contributed by atoms with Crippen LogP contribution in [0.3, 0.4) is 0 Å². The summed E-state index contributed by atoms with van der Waals surface area (Å²) in [6.45, 7) is 4.83. The number of rotatable bonds is 2. The lowest BCUT2D eigenvalue weighted by Crippen LogP contribution is -2.45. The maximum atomic E-state index is 13.1. The van der Waals surface area contributed by atoms with Gasteiger partial charge in [0.25, 0.3) is 5.91 Å². The Bertz CT molecular complexity index is 814.